The number of aromatic nitrogens is 1. The molecule has 1 fully saturated rings. The zero-order valence-corrected chi connectivity index (χ0v) is 18.0. The van der Waals surface area contributed by atoms with Gasteiger partial charge in [-0.3, -0.25) is 4.79 Å². The first kappa shape index (κ1) is 21.3. The van der Waals surface area contributed by atoms with E-state index in [9.17, 15) is 14.0 Å². The van der Waals surface area contributed by atoms with E-state index >= 15 is 0 Å². The number of hydrogen-bond donors (Lipinski definition) is 2. The maximum atomic E-state index is 14.5. The van der Waals surface area contributed by atoms with Crippen molar-refractivity contribution in [1.29, 1.82) is 0 Å². The molecule has 1 aromatic carbocycles. The molecule has 1 amide bonds. The van der Waals surface area contributed by atoms with E-state index in [2.05, 4.69) is 10.3 Å². The summed E-state index contributed by atoms with van der Waals surface area (Å²) in [7, 11) is 0. The number of hydrogen-bond acceptors (Lipinski definition) is 5. The third-order valence-corrected chi connectivity index (χ3v) is 5.24. The van der Waals surface area contributed by atoms with Crippen molar-refractivity contribution in [2.24, 2.45) is 0 Å². The molecule has 1 unspecified atom stereocenters. The molecule has 1 aliphatic rings. The van der Waals surface area contributed by atoms with Gasteiger partial charge in [-0.1, -0.05) is 6.92 Å². The average Bonchev–Trinajstić information content (AvgIpc) is 3.12. The Hall–Kier alpha value is -2.43. The molecule has 1 aromatic heterocycles. The van der Waals surface area contributed by atoms with Gasteiger partial charge in [-0.25, -0.2) is 14.2 Å². The van der Waals surface area contributed by atoms with Crippen molar-refractivity contribution in [2.75, 3.05) is 23.0 Å². The Morgan fingerprint density at radius 3 is 2.66 bits per heavy atom. The van der Waals surface area contributed by atoms with Crippen molar-refractivity contribution in [3.05, 3.63) is 47.7 Å². The quantitative estimate of drug-likeness (QED) is 0.425. The molecule has 0 aliphatic carbocycles. The number of anilines is 2. The molecule has 0 radical (unpaired) electrons. The lowest BCUT2D eigenvalue weighted by atomic mass is 10.0. The fraction of sp³-hybridized carbons (Fsp3) is 0.350. The van der Waals surface area contributed by atoms with Crippen LogP contribution in [-0.2, 0) is 0 Å². The zero-order valence-electron chi connectivity index (χ0n) is 15.8. The number of aromatic carboxylic acids is 1. The minimum Gasteiger partial charge on any atom is -0.479 e. The molecular formula is C20H21FIN3O4. The maximum absolute atomic E-state index is 14.5. The number of pyridine rings is 1. The summed E-state index contributed by atoms with van der Waals surface area (Å²) in [6.45, 7) is 2.24. The Labute approximate surface area is 181 Å². The normalized spacial score (nSPS) is 18.5. The molecular weight excluding hydrogens is 492 g/mol. The van der Waals surface area contributed by atoms with Crippen LogP contribution in [0.3, 0.4) is 0 Å². The molecule has 2 aromatic rings. The van der Waals surface area contributed by atoms with E-state index in [1.54, 1.807) is 25.1 Å². The van der Waals surface area contributed by atoms with Gasteiger partial charge in [0, 0.05) is 24.8 Å². The minimum absolute atomic E-state index is 0.0841. The molecule has 154 valence electrons. The van der Waals surface area contributed by atoms with Crippen LogP contribution in [0.1, 0.15) is 40.5 Å². The number of carbonyl (C=O) groups excluding carboxylic acids is 1. The fourth-order valence-electron chi connectivity index (χ4n) is 3.14. The number of carbonyl (C=O) groups is 2. The third-order valence-electron chi connectivity index (χ3n) is 4.93. The lowest BCUT2D eigenvalue weighted by Crippen LogP contribution is -2.33. The van der Waals surface area contributed by atoms with Crippen LogP contribution in [0.25, 0.3) is 0 Å². The van der Waals surface area contributed by atoms with Gasteiger partial charge in [-0.05, 0) is 59.3 Å². The SMILES string of the molecule is CCC1(F)CCN(C(=O)c2cnc(Nc3ccc(C(=O)O)cc3)c(OCI)c2)C1. The second-order valence-electron chi connectivity index (χ2n) is 6.81. The molecule has 9 heteroatoms. The van der Waals surface area contributed by atoms with Crippen LogP contribution >= 0.6 is 22.6 Å². The third kappa shape index (κ3) is 4.95. The van der Waals surface area contributed by atoms with Gasteiger partial charge in [-0.15, -0.1) is 0 Å². The molecule has 7 nitrogen and oxygen atoms in total. The summed E-state index contributed by atoms with van der Waals surface area (Å²) < 4.78 is 20.4. The summed E-state index contributed by atoms with van der Waals surface area (Å²) in [4.78, 5) is 29.5. The highest BCUT2D eigenvalue weighted by atomic mass is 127. The summed E-state index contributed by atoms with van der Waals surface area (Å²) in [5.74, 6) is -0.500. The smallest absolute Gasteiger partial charge is 0.335 e. The highest BCUT2D eigenvalue weighted by Gasteiger charge is 2.39. The molecule has 1 saturated heterocycles. The molecule has 0 spiro atoms. The first-order valence-electron chi connectivity index (χ1n) is 9.12. The molecule has 3 rings (SSSR count). The molecule has 1 aliphatic heterocycles. The monoisotopic (exact) mass is 513 g/mol. The molecule has 2 N–H and O–H groups in total. The van der Waals surface area contributed by atoms with E-state index in [4.69, 9.17) is 9.84 Å². The van der Waals surface area contributed by atoms with Crippen LogP contribution in [0.5, 0.6) is 5.75 Å². The molecule has 29 heavy (non-hydrogen) atoms. The lowest BCUT2D eigenvalue weighted by Gasteiger charge is -2.20. The average molecular weight is 513 g/mol. The summed E-state index contributed by atoms with van der Waals surface area (Å²) in [6, 6.07) is 7.78. The van der Waals surface area contributed by atoms with E-state index in [1.807, 2.05) is 22.6 Å². The van der Waals surface area contributed by atoms with Gasteiger partial charge in [0.1, 0.15) is 10.3 Å². The van der Waals surface area contributed by atoms with E-state index in [0.717, 1.165) is 0 Å². The highest BCUT2D eigenvalue weighted by Crippen LogP contribution is 2.31. The van der Waals surface area contributed by atoms with Crippen LogP contribution < -0.4 is 10.1 Å². The second-order valence-corrected chi connectivity index (χ2v) is 7.44. The van der Waals surface area contributed by atoms with Crippen LogP contribution in [0.2, 0.25) is 0 Å². The number of ether oxygens (including phenoxy) is 1. The summed E-state index contributed by atoms with van der Waals surface area (Å²) >= 11 is 2.04. The molecule has 0 bridgehead atoms. The standard InChI is InChI=1S/C20H21FIN3O4/c1-2-20(21)7-8-25(11-20)18(26)14-9-16(29-12-22)17(23-10-14)24-15-5-3-13(4-6-15)19(27)28/h3-6,9-10H,2,7-8,11-12H2,1H3,(H,23,24)(H,27,28). The molecule has 0 saturated carbocycles. The fourth-order valence-corrected chi connectivity index (χ4v) is 3.47. The summed E-state index contributed by atoms with van der Waals surface area (Å²) in [5.41, 5.74) is -0.190. The Kier molecular flexibility index (Phi) is 6.56. The van der Waals surface area contributed by atoms with Gasteiger partial charge < -0.3 is 20.1 Å². The molecule has 1 atom stereocenters. The van der Waals surface area contributed by atoms with E-state index in [-0.39, 0.29) is 18.0 Å². The van der Waals surface area contributed by atoms with E-state index in [0.29, 0.717) is 46.8 Å². The number of likely N-dealkylation sites (tertiary alicyclic amines) is 1. The van der Waals surface area contributed by atoms with Crippen LogP contribution in [0.4, 0.5) is 15.9 Å². The summed E-state index contributed by atoms with van der Waals surface area (Å²) in [5, 5.41) is 12.1. The number of nitrogens with one attached hydrogen (secondary N) is 1. The Balaban J connectivity index is 1.79. The van der Waals surface area contributed by atoms with E-state index in [1.165, 1.54) is 23.2 Å². The van der Waals surface area contributed by atoms with Crippen molar-refractivity contribution in [3.8, 4) is 5.75 Å². The topological polar surface area (TPSA) is 91.8 Å². The predicted octanol–water partition coefficient (Wildman–Crippen LogP) is 4.26. The minimum atomic E-state index is -1.33. The van der Waals surface area contributed by atoms with Crippen LogP contribution in [0, 0.1) is 0 Å². The van der Waals surface area contributed by atoms with Gasteiger partial charge >= 0.3 is 5.97 Å². The van der Waals surface area contributed by atoms with Gasteiger partial charge in [0.2, 0.25) is 0 Å². The number of alkyl halides is 2. The van der Waals surface area contributed by atoms with Crippen molar-refractivity contribution >= 4 is 46.0 Å². The largest absolute Gasteiger partial charge is 0.479 e. The number of carboxylic acids is 1. The van der Waals surface area contributed by atoms with Crippen LogP contribution in [0.15, 0.2) is 36.5 Å². The van der Waals surface area contributed by atoms with Crippen molar-refractivity contribution in [3.63, 3.8) is 0 Å². The number of rotatable bonds is 7. The Bertz CT molecular complexity index is 909. The Morgan fingerprint density at radius 2 is 2.07 bits per heavy atom. The van der Waals surface area contributed by atoms with Crippen molar-refractivity contribution in [1.82, 2.24) is 9.88 Å². The van der Waals surface area contributed by atoms with Crippen molar-refractivity contribution in [2.45, 2.75) is 25.4 Å². The first-order chi connectivity index (χ1) is 13.8. The predicted molar refractivity (Wildman–Crippen MR) is 115 cm³/mol. The van der Waals surface area contributed by atoms with Gasteiger partial charge in [0.15, 0.2) is 11.6 Å². The number of amides is 1. The highest BCUT2D eigenvalue weighted by molar-refractivity contribution is 14.1. The van der Waals surface area contributed by atoms with Crippen molar-refractivity contribution < 1.29 is 23.8 Å². The number of benzene rings is 1. The van der Waals surface area contributed by atoms with Crippen LogP contribution in [-0.4, -0.2) is 50.2 Å². The van der Waals surface area contributed by atoms with E-state index < -0.39 is 11.6 Å². The number of carboxylic acid groups (broad SMARTS) is 1. The number of nitrogens with zero attached hydrogens (tertiary/aromatic N) is 2. The van der Waals surface area contributed by atoms with Gasteiger partial charge in [0.05, 0.1) is 17.7 Å². The van der Waals surface area contributed by atoms with Gasteiger partial charge in [0.25, 0.3) is 5.91 Å². The van der Waals surface area contributed by atoms with Gasteiger partial charge in [-0.2, -0.15) is 0 Å². The second kappa shape index (κ2) is 8.93. The molecule has 2 heterocycles. The zero-order chi connectivity index (χ0) is 21.0. The first-order valence-corrected chi connectivity index (χ1v) is 10.6. The Morgan fingerprint density at radius 1 is 1.34 bits per heavy atom. The maximum Gasteiger partial charge on any atom is 0.335 e. The number of halogens is 2. The lowest BCUT2D eigenvalue weighted by molar-refractivity contribution is 0.0696. The summed E-state index contributed by atoms with van der Waals surface area (Å²) in [6.07, 6.45) is 2.15.